The monoisotopic (exact) mass is 500 g/mol. The molecule has 0 fully saturated rings. The van der Waals surface area contributed by atoms with Crippen molar-refractivity contribution in [3.8, 4) is 0 Å². The maximum atomic E-state index is 14.0. The summed E-state index contributed by atoms with van der Waals surface area (Å²) in [6, 6.07) is 0. The van der Waals surface area contributed by atoms with Gasteiger partial charge in [0.05, 0.1) is 0 Å². The second kappa shape index (κ2) is 6.36. The Bertz CT molecular complexity index is 712. The first-order valence-electron chi connectivity index (χ1n) is 5.68. The molecule has 0 heterocycles. The van der Waals surface area contributed by atoms with E-state index in [0.717, 1.165) is 0 Å². The second-order valence-corrected chi connectivity index (χ2v) is 6.42. The van der Waals surface area contributed by atoms with E-state index in [2.05, 4.69) is 0 Å². The van der Waals surface area contributed by atoms with Crippen molar-refractivity contribution in [3.63, 3.8) is 0 Å². The largest absolute Gasteiger partial charge is 0.435 e. The highest BCUT2D eigenvalue weighted by atomic mass is 32.2. The van der Waals surface area contributed by atoms with Crippen LogP contribution in [0.1, 0.15) is 0 Å². The molecule has 0 aliphatic heterocycles. The van der Waals surface area contributed by atoms with Gasteiger partial charge < -0.3 is 0 Å². The maximum absolute atomic E-state index is 14.0. The maximum Gasteiger partial charge on any atom is 0.435 e. The summed E-state index contributed by atoms with van der Waals surface area (Å²) < 4.78 is 246. The highest BCUT2D eigenvalue weighted by Gasteiger charge is 3.03. The molecule has 0 bridgehead atoms. The summed E-state index contributed by atoms with van der Waals surface area (Å²) in [6.45, 7) is 0. The molecule has 0 saturated carbocycles. The number of hydrogen-bond donors (Lipinski definition) is 1. The zero-order chi connectivity index (χ0) is 24.5. The molecule has 2 unspecified atom stereocenters. The molecule has 0 rings (SSSR count). The lowest BCUT2D eigenvalue weighted by Gasteiger charge is -2.49. The Hall–Kier alpha value is -1.28. The Morgan fingerprint density at radius 1 is 0.414 bits per heavy atom. The van der Waals surface area contributed by atoms with E-state index in [1.165, 1.54) is 0 Å². The highest BCUT2D eigenvalue weighted by Crippen LogP contribution is 2.69. The molecule has 0 amide bonds. The average Bonchev–Trinajstić information content (AvgIpc) is 2.37. The third-order valence-electron chi connectivity index (χ3n) is 3.24. The summed E-state index contributed by atoms with van der Waals surface area (Å²) in [5.41, 5.74) is -27.8. The van der Waals surface area contributed by atoms with Crippen LogP contribution in [0.2, 0.25) is 0 Å². The van der Waals surface area contributed by atoms with E-state index < -0.39 is 57.1 Å². The average molecular weight is 500 g/mol. The van der Waals surface area contributed by atoms with Crippen molar-refractivity contribution in [2.45, 2.75) is 47.0 Å². The van der Waals surface area contributed by atoms with Gasteiger partial charge in [-0.25, -0.2) is 13.2 Å². The molecule has 0 saturated heterocycles. The highest BCUT2D eigenvalue weighted by molar-refractivity contribution is 7.87. The van der Waals surface area contributed by atoms with Crippen LogP contribution in [0, 0.1) is 0 Å². The van der Waals surface area contributed by atoms with Gasteiger partial charge in [-0.2, -0.15) is 69.9 Å². The summed E-state index contributed by atoms with van der Waals surface area (Å²) in [7, 11) is -8.41. The van der Waals surface area contributed by atoms with Gasteiger partial charge in [-0.3, -0.25) is 4.55 Å². The molecular weight excluding hydrogens is 499 g/mol. The normalized spacial score (nSPS) is 20.2. The van der Waals surface area contributed by atoms with E-state index >= 15 is 0 Å². The van der Waals surface area contributed by atoms with Crippen molar-refractivity contribution in [1.29, 1.82) is 0 Å². The molecule has 3 nitrogen and oxygen atoms in total. The molecule has 2 atom stereocenters. The van der Waals surface area contributed by atoms with Gasteiger partial charge in [0.25, 0.3) is 0 Å². The van der Waals surface area contributed by atoms with Crippen molar-refractivity contribution >= 4 is 10.1 Å². The van der Waals surface area contributed by atoms with E-state index in [9.17, 15) is 83.1 Å². The summed E-state index contributed by atoms with van der Waals surface area (Å²) in [5, 5.41) is -8.49. The van der Waals surface area contributed by atoms with Crippen LogP contribution in [0.5, 0.6) is 0 Å². The number of halogens is 17. The molecule has 21 heteroatoms. The van der Waals surface area contributed by atoms with E-state index in [1.807, 2.05) is 0 Å². The fraction of sp³-hybridized carbons (Fsp3) is 1.00. The smallest absolute Gasteiger partial charge is 0.281 e. The Labute approximate surface area is 146 Å². The standard InChI is InChI=1S/C8HF17O3S/c9-1(4(12,13)14,2(10,5(15,16)17)6(18,19)20)3(11,7(21,22)23)8(24,25)29(26,27)28/h(H,26,27,28). The molecule has 0 aliphatic rings. The predicted molar refractivity (Wildman–Crippen MR) is 52.2 cm³/mol. The quantitative estimate of drug-likeness (QED) is 0.444. The number of alkyl halides is 17. The summed E-state index contributed by atoms with van der Waals surface area (Å²) in [4.78, 5) is 0. The van der Waals surface area contributed by atoms with Gasteiger partial charge in [-0.1, -0.05) is 0 Å². The fourth-order valence-corrected chi connectivity index (χ4v) is 2.53. The van der Waals surface area contributed by atoms with Gasteiger partial charge in [0.1, 0.15) is 0 Å². The van der Waals surface area contributed by atoms with E-state index in [4.69, 9.17) is 4.55 Å². The third kappa shape index (κ3) is 3.26. The van der Waals surface area contributed by atoms with Crippen LogP contribution >= 0.6 is 0 Å². The first kappa shape index (κ1) is 27.7. The topological polar surface area (TPSA) is 54.4 Å². The molecule has 0 aliphatic carbocycles. The van der Waals surface area contributed by atoms with Crippen molar-refractivity contribution < 1.29 is 87.6 Å². The zero-order valence-electron chi connectivity index (χ0n) is 12.1. The lowest BCUT2D eigenvalue weighted by Crippen LogP contribution is -2.84. The Morgan fingerprint density at radius 2 is 0.621 bits per heavy atom. The van der Waals surface area contributed by atoms with Gasteiger partial charge in [-0.15, -0.1) is 0 Å². The lowest BCUT2D eigenvalue weighted by molar-refractivity contribution is -0.466. The van der Waals surface area contributed by atoms with Crippen LogP contribution in [0.25, 0.3) is 0 Å². The summed E-state index contributed by atoms with van der Waals surface area (Å²) >= 11 is 0. The van der Waals surface area contributed by atoms with Gasteiger partial charge in [0.2, 0.25) is 0 Å². The van der Waals surface area contributed by atoms with Crippen molar-refractivity contribution in [2.24, 2.45) is 0 Å². The first-order valence-corrected chi connectivity index (χ1v) is 7.12. The van der Waals surface area contributed by atoms with E-state index in [-0.39, 0.29) is 0 Å². The van der Waals surface area contributed by atoms with Crippen LogP contribution in [0.15, 0.2) is 0 Å². The minimum atomic E-state index is -9.46. The predicted octanol–water partition coefficient (Wildman–Crippen LogP) is 4.84. The molecule has 1 N–H and O–H groups in total. The van der Waals surface area contributed by atoms with Gasteiger partial charge in [0, 0.05) is 0 Å². The Balaban J connectivity index is 8.14. The van der Waals surface area contributed by atoms with E-state index in [0.29, 0.717) is 0 Å². The number of hydrogen-bond acceptors (Lipinski definition) is 2. The van der Waals surface area contributed by atoms with E-state index in [1.54, 1.807) is 0 Å². The molecule has 29 heavy (non-hydrogen) atoms. The molecular formula is C8HF17O3S. The van der Waals surface area contributed by atoms with Crippen molar-refractivity contribution in [3.05, 3.63) is 0 Å². The van der Waals surface area contributed by atoms with Gasteiger partial charge >= 0.3 is 57.1 Å². The minimum Gasteiger partial charge on any atom is -0.281 e. The number of rotatable bonds is 4. The molecule has 0 radical (unpaired) electrons. The summed E-state index contributed by atoms with van der Waals surface area (Å²) in [6.07, 6.45) is -34.7. The van der Waals surface area contributed by atoms with Crippen LogP contribution in [0.3, 0.4) is 0 Å². The Morgan fingerprint density at radius 3 is 0.759 bits per heavy atom. The summed E-state index contributed by atoms with van der Waals surface area (Å²) in [5.74, 6) is 0. The van der Waals surface area contributed by atoms with Crippen LogP contribution in [0.4, 0.5) is 74.6 Å². The lowest BCUT2D eigenvalue weighted by atomic mass is 9.71. The van der Waals surface area contributed by atoms with Gasteiger partial charge in [0.15, 0.2) is 0 Å². The second-order valence-electron chi connectivity index (χ2n) is 4.96. The minimum absolute atomic E-state index is 7.81. The zero-order valence-corrected chi connectivity index (χ0v) is 12.9. The molecule has 0 aromatic rings. The third-order valence-corrected chi connectivity index (χ3v) is 4.17. The van der Waals surface area contributed by atoms with Crippen LogP contribution in [-0.4, -0.2) is 59.9 Å². The molecule has 0 aromatic heterocycles. The van der Waals surface area contributed by atoms with Crippen molar-refractivity contribution in [1.82, 2.24) is 0 Å². The molecule has 176 valence electrons. The Kier molecular flexibility index (Phi) is 6.08. The first-order chi connectivity index (χ1) is 12.0. The van der Waals surface area contributed by atoms with Gasteiger partial charge in [-0.05, 0) is 0 Å². The fourth-order valence-electron chi connectivity index (χ4n) is 1.92. The van der Waals surface area contributed by atoms with Crippen LogP contribution in [-0.2, 0) is 10.1 Å². The van der Waals surface area contributed by atoms with Crippen molar-refractivity contribution in [2.75, 3.05) is 0 Å². The molecule has 0 spiro atoms. The van der Waals surface area contributed by atoms with Crippen LogP contribution < -0.4 is 0 Å². The molecule has 0 aromatic carbocycles. The SMILES string of the molecule is O=S(=O)(O)C(F)(F)C(F)(C(F)(F)F)C(F)(C(F)(F)F)C(F)(C(F)(F)F)C(F)(F)F.